The van der Waals surface area contributed by atoms with Crippen LogP contribution in [0.3, 0.4) is 0 Å². The van der Waals surface area contributed by atoms with E-state index in [4.69, 9.17) is 0 Å². The maximum atomic E-state index is 2.50. The van der Waals surface area contributed by atoms with Crippen molar-refractivity contribution in [2.75, 3.05) is 9.80 Å². The largest absolute Gasteiger partial charge is 0.310 e. The van der Waals surface area contributed by atoms with Crippen molar-refractivity contribution in [1.82, 2.24) is 0 Å². The van der Waals surface area contributed by atoms with E-state index in [1.807, 2.05) is 0 Å². The minimum Gasteiger partial charge on any atom is -0.310 e. The number of hydrogen-bond donors (Lipinski definition) is 0. The first-order valence-electron chi connectivity index (χ1n) is 25.3. The van der Waals surface area contributed by atoms with Crippen LogP contribution in [0, 0.1) is 0 Å². The first-order valence-corrected chi connectivity index (χ1v) is 25.3. The van der Waals surface area contributed by atoms with E-state index in [9.17, 15) is 0 Å². The van der Waals surface area contributed by atoms with Gasteiger partial charge in [-0.2, -0.15) is 0 Å². The highest BCUT2D eigenvalue weighted by Crippen LogP contribution is 2.64. The van der Waals surface area contributed by atoms with E-state index in [1.165, 1.54) is 110 Å². The molecule has 0 N–H and O–H groups in total. The molecular weight excluding hydrogens is 881 g/mol. The molecule has 340 valence electrons. The van der Waals surface area contributed by atoms with Gasteiger partial charge in [-0.3, -0.25) is 0 Å². The third-order valence-corrected chi connectivity index (χ3v) is 15.8. The molecule has 0 fully saturated rings. The topological polar surface area (TPSA) is 6.48 Å². The smallest absolute Gasteiger partial charge is 0.0754 e. The van der Waals surface area contributed by atoms with Gasteiger partial charge in [0, 0.05) is 22.1 Å². The Bertz CT molecular complexity index is 4090. The molecular formula is C71H46N2. The third-order valence-electron chi connectivity index (χ3n) is 15.8. The lowest BCUT2D eigenvalue weighted by atomic mass is 9.64. The van der Waals surface area contributed by atoms with Gasteiger partial charge in [-0.1, -0.05) is 206 Å². The third kappa shape index (κ3) is 6.30. The fraction of sp³-hybridized carbons (Fsp3) is 0.0141. The van der Waals surface area contributed by atoms with E-state index in [1.54, 1.807) is 0 Å². The molecule has 0 saturated carbocycles. The maximum Gasteiger partial charge on any atom is 0.0754 e. The molecule has 2 nitrogen and oxygen atoms in total. The van der Waals surface area contributed by atoms with Crippen LogP contribution in [-0.4, -0.2) is 0 Å². The molecule has 0 aromatic heterocycles. The summed E-state index contributed by atoms with van der Waals surface area (Å²) >= 11 is 0. The Balaban J connectivity index is 0.936. The molecule has 13 aromatic carbocycles. The van der Waals surface area contributed by atoms with Gasteiger partial charge in [-0.15, -0.1) is 0 Å². The molecule has 0 bridgehead atoms. The second kappa shape index (κ2) is 16.3. The predicted molar refractivity (Wildman–Crippen MR) is 308 cm³/mol. The molecule has 0 amide bonds. The summed E-state index contributed by atoms with van der Waals surface area (Å²) in [7, 11) is 0. The standard InChI is InChI=1S/C71H46N2/c1-3-19-51-43-53(33-31-47(51)15-1)55-35-41-61-62-42-36-56(54-34-32-48-16-2-4-20-52(48)44-54)46-66(62)71(65(61)45-55)63-25-9-11-27-69(63)73(70-28-12-10-26-64(70)71)58-39-37-57(38-40-58)72(67-29-13-21-49-17-5-7-23-59(49)67)68-30-14-22-50-18-6-8-24-60(50)68/h1-46H. The van der Waals surface area contributed by atoms with Crippen molar-refractivity contribution in [1.29, 1.82) is 0 Å². The molecule has 0 unspecified atom stereocenters. The van der Waals surface area contributed by atoms with E-state index in [-0.39, 0.29) is 0 Å². The Morgan fingerprint density at radius 3 is 1.18 bits per heavy atom. The monoisotopic (exact) mass is 926 g/mol. The fourth-order valence-corrected chi connectivity index (χ4v) is 12.5. The zero-order chi connectivity index (χ0) is 48.0. The lowest BCUT2D eigenvalue weighted by Gasteiger charge is -2.45. The minimum atomic E-state index is -0.631. The van der Waals surface area contributed by atoms with Crippen LogP contribution in [0.25, 0.3) is 76.5 Å². The molecule has 1 heterocycles. The van der Waals surface area contributed by atoms with Crippen LogP contribution in [0.2, 0.25) is 0 Å². The number of fused-ring (bicyclic) bond motifs is 13. The number of benzene rings is 13. The van der Waals surface area contributed by atoms with Gasteiger partial charge in [0.1, 0.15) is 0 Å². The van der Waals surface area contributed by atoms with Gasteiger partial charge >= 0.3 is 0 Å². The summed E-state index contributed by atoms with van der Waals surface area (Å²) in [6.07, 6.45) is 0. The Labute approximate surface area is 424 Å². The lowest BCUT2D eigenvalue weighted by Crippen LogP contribution is -2.36. The van der Waals surface area contributed by atoms with Crippen molar-refractivity contribution in [3.63, 3.8) is 0 Å². The molecule has 0 atom stereocenters. The minimum absolute atomic E-state index is 0.631. The van der Waals surface area contributed by atoms with Crippen molar-refractivity contribution < 1.29 is 0 Å². The van der Waals surface area contributed by atoms with Gasteiger partial charge in [0.15, 0.2) is 0 Å². The quantitative estimate of drug-likeness (QED) is 0.164. The van der Waals surface area contributed by atoms with Crippen LogP contribution < -0.4 is 9.80 Å². The summed E-state index contributed by atoms with van der Waals surface area (Å²) in [6.45, 7) is 0. The summed E-state index contributed by atoms with van der Waals surface area (Å²) in [6, 6.07) is 104. The predicted octanol–water partition coefficient (Wildman–Crippen LogP) is 19.2. The fourth-order valence-electron chi connectivity index (χ4n) is 12.5. The van der Waals surface area contributed by atoms with Gasteiger partial charge in [0.05, 0.1) is 28.2 Å². The first kappa shape index (κ1) is 41.3. The van der Waals surface area contributed by atoms with Gasteiger partial charge in [0.25, 0.3) is 0 Å². The number of para-hydroxylation sites is 2. The van der Waals surface area contributed by atoms with Crippen molar-refractivity contribution in [3.8, 4) is 33.4 Å². The highest BCUT2D eigenvalue weighted by Gasteiger charge is 2.52. The summed E-state index contributed by atoms with van der Waals surface area (Å²) in [4.78, 5) is 4.94. The van der Waals surface area contributed by atoms with E-state index in [2.05, 4.69) is 289 Å². The van der Waals surface area contributed by atoms with E-state index in [0.717, 1.165) is 22.7 Å². The molecule has 73 heavy (non-hydrogen) atoms. The molecule has 13 aromatic rings. The Morgan fingerprint density at radius 1 is 0.274 bits per heavy atom. The van der Waals surface area contributed by atoms with Gasteiger partial charge in [-0.25, -0.2) is 0 Å². The van der Waals surface area contributed by atoms with Crippen LogP contribution >= 0.6 is 0 Å². The van der Waals surface area contributed by atoms with Crippen LogP contribution in [-0.2, 0) is 5.41 Å². The average molecular weight is 927 g/mol. The Morgan fingerprint density at radius 2 is 0.671 bits per heavy atom. The van der Waals surface area contributed by atoms with Crippen molar-refractivity contribution in [2.24, 2.45) is 0 Å². The van der Waals surface area contributed by atoms with Gasteiger partial charge in [-0.05, 0) is 161 Å². The average Bonchev–Trinajstić information content (AvgIpc) is 3.84. The van der Waals surface area contributed by atoms with Crippen LogP contribution in [0.15, 0.2) is 279 Å². The Kier molecular flexibility index (Phi) is 9.21. The number of rotatable bonds is 6. The molecule has 1 aliphatic heterocycles. The van der Waals surface area contributed by atoms with E-state index < -0.39 is 5.41 Å². The van der Waals surface area contributed by atoms with Crippen molar-refractivity contribution >= 4 is 77.2 Å². The van der Waals surface area contributed by atoms with Crippen LogP contribution in [0.1, 0.15) is 22.3 Å². The highest BCUT2D eigenvalue weighted by molar-refractivity contribution is 6.05. The molecule has 1 spiro atoms. The number of anilines is 6. The summed E-state index contributed by atoms with van der Waals surface area (Å²) < 4.78 is 0. The molecule has 0 saturated heterocycles. The number of hydrogen-bond acceptors (Lipinski definition) is 2. The zero-order valence-corrected chi connectivity index (χ0v) is 40.0. The molecule has 0 radical (unpaired) electrons. The Hall–Kier alpha value is -9.50. The van der Waals surface area contributed by atoms with Gasteiger partial charge in [0.2, 0.25) is 0 Å². The van der Waals surface area contributed by atoms with Gasteiger partial charge < -0.3 is 9.80 Å². The van der Waals surface area contributed by atoms with Crippen molar-refractivity contribution in [2.45, 2.75) is 5.41 Å². The summed E-state index contributed by atoms with van der Waals surface area (Å²) in [5.74, 6) is 0. The van der Waals surface area contributed by atoms with Crippen LogP contribution in [0.4, 0.5) is 34.1 Å². The molecule has 2 aliphatic rings. The van der Waals surface area contributed by atoms with Crippen LogP contribution in [0.5, 0.6) is 0 Å². The maximum absolute atomic E-state index is 2.50. The molecule has 15 rings (SSSR count). The highest BCUT2D eigenvalue weighted by atomic mass is 15.2. The zero-order valence-electron chi connectivity index (χ0n) is 40.0. The normalized spacial score (nSPS) is 13.0. The van der Waals surface area contributed by atoms with E-state index in [0.29, 0.717) is 0 Å². The SMILES string of the molecule is c1ccc2c(c1)N(c1ccc(N(c3cccc4ccccc34)c3cccc4ccccc34)cc1)c1ccccc1C21c2cc(-c3ccc4ccccc4c3)ccc2-c2ccc(-c3ccc4ccccc4c3)cc21. The molecule has 1 aliphatic carbocycles. The summed E-state index contributed by atoms with van der Waals surface area (Å²) in [5.41, 5.74) is 18.7. The summed E-state index contributed by atoms with van der Waals surface area (Å²) in [5, 5.41) is 9.80. The first-order chi connectivity index (χ1) is 36.2. The lowest BCUT2D eigenvalue weighted by molar-refractivity contribution is 0.753. The second-order valence-electron chi connectivity index (χ2n) is 19.6. The van der Waals surface area contributed by atoms with E-state index >= 15 is 0 Å². The van der Waals surface area contributed by atoms with Crippen molar-refractivity contribution in [3.05, 3.63) is 301 Å². The number of nitrogens with zero attached hydrogens (tertiary/aromatic N) is 2. The molecule has 2 heteroatoms. The second-order valence-corrected chi connectivity index (χ2v) is 19.6.